The van der Waals surface area contributed by atoms with Gasteiger partial charge in [0.1, 0.15) is 17.5 Å². The number of aliphatic hydroxyl groups is 1. The normalized spacial score (nSPS) is 29.8. The smallest absolute Gasteiger partial charge is 0.226 e. The third kappa shape index (κ3) is 2.91. The Bertz CT molecular complexity index is 815. The molecule has 1 amide bonds. The minimum atomic E-state index is -0.836. The fourth-order valence-electron chi connectivity index (χ4n) is 3.69. The fraction of sp³-hybridized carbons (Fsp3) is 0.556. The number of carbonyl (C=O) groups is 1. The number of hydrogen-bond donors (Lipinski definition) is 2. The molecule has 0 radical (unpaired) electrons. The van der Waals surface area contributed by atoms with Gasteiger partial charge in [0.15, 0.2) is 0 Å². The highest BCUT2D eigenvalue weighted by molar-refractivity contribution is 7.10. The van der Waals surface area contributed by atoms with Crippen molar-refractivity contribution in [3.63, 3.8) is 0 Å². The number of aliphatic hydroxyl groups excluding tert-OH is 1. The van der Waals surface area contributed by atoms with Crippen molar-refractivity contribution in [2.45, 2.75) is 44.1 Å². The van der Waals surface area contributed by atoms with Crippen molar-refractivity contribution in [3.8, 4) is 5.75 Å². The summed E-state index contributed by atoms with van der Waals surface area (Å²) in [5.74, 6) is 0.306. The summed E-state index contributed by atoms with van der Waals surface area (Å²) in [5, 5.41) is 19.9. The molecule has 2 aromatic rings. The Balaban J connectivity index is 1.56. The van der Waals surface area contributed by atoms with Crippen molar-refractivity contribution in [3.05, 3.63) is 34.3 Å². The number of rotatable bonds is 3. The molecule has 0 unspecified atom stereocenters. The molecule has 4 rings (SSSR count). The zero-order valence-electron chi connectivity index (χ0n) is 15.0. The van der Waals surface area contributed by atoms with E-state index in [1.54, 1.807) is 10.9 Å². The van der Waals surface area contributed by atoms with Crippen LogP contribution in [0.3, 0.4) is 0 Å². The standard InChI is InChI=1S/C18H23N3O4S/c1-18(2)16(22)13(15-12(25-18)5-7-26-15)20-17(23)11-4-6-24-14(11)10-8-19-21(3)9-10/h5,7-9,11,13-14,16,22H,4,6H2,1-3H3,(H,20,23)/t11-,13-,14+,16+/m0/s1. The summed E-state index contributed by atoms with van der Waals surface area (Å²) in [6, 6.07) is 1.39. The molecule has 4 heterocycles. The molecule has 1 saturated heterocycles. The average Bonchev–Trinajstić information content (AvgIpc) is 3.30. The highest BCUT2D eigenvalue weighted by Gasteiger charge is 2.46. The van der Waals surface area contributed by atoms with Crippen molar-refractivity contribution >= 4 is 17.2 Å². The summed E-state index contributed by atoms with van der Waals surface area (Å²) in [6.07, 6.45) is 3.11. The zero-order chi connectivity index (χ0) is 18.5. The molecule has 8 heteroatoms. The Kier molecular flexibility index (Phi) is 4.29. The zero-order valence-corrected chi connectivity index (χ0v) is 15.8. The molecule has 0 aromatic carbocycles. The predicted molar refractivity (Wildman–Crippen MR) is 95.9 cm³/mol. The van der Waals surface area contributed by atoms with Crippen molar-refractivity contribution in [2.75, 3.05) is 6.61 Å². The molecule has 140 valence electrons. The number of nitrogens with zero attached hydrogens (tertiary/aromatic N) is 2. The first kappa shape index (κ1) is 17.5. The van der Waals surface area contributed by atoms with E-state index in [1.807, 2.05) is 38.5 Å². The lowest BCUT2D eigenvalue weighted by atomic mass is 9.89. The first-order valence-electron chi connectivity index (χ1n) is 8.72. The van der Waals surface area contributed by atoms with Gasteiger partial charge in [-0.3, -0.25) is 9.48 Å². The Morgan fingerprint density at radius 1 is 1.50 bits per heavy atom. The van der Waals surface area contributed by atoms with Crippen LogP contribution >= 0.6 is 11.3 Å². The Morgan fingerprint density at radius 2 is 2.31 bits per heavy atom. The maximum Gasteiger partial charge on any atom is 0.226 e. The number of aromatic nitrogens is 2. The minimum absolute atomic E-state index is 0.113. The van der Waals surface area contributed by atoms with Crippen LogP contribution < -0.4 is 10.1 Å². The van der Waals surface area contributed by atoms with Gasteiger partial charge in [0.2, 0.25) is 5.91 Å². The summed E-state index contributed by atoms with van der Waals surface area (Å²) in [7, 11) is 1.84. The van der Waals surface area contributed by atoms with E-state index in [9.17, 15) is 9.90 Å². The number of ether oxygens (including phenoxy) is 2. The number of carbonyl (C=O) groups excluding carboxylic acids is 1. The molecule has 1 fully saturated rings. The number of amides is 1. The molecule has 2 N–H and O–H groups in total. The van der Waals surface area contributed by atoms with Crippen molar-refractivity contribution in [1.29, 1.82) is 0 Å². The monoisotopic (exact) mass is 377 g/mol. The van der Waals surface area contributed by atoms with Gasteiger partial charge in [-0.1, -0.05) is 0 Å². The molecule has 2 aromatic heterocycles. The number of thiophene rings is 1. The van der Waals surface area contributed by atoms with Crippen LogP contribution in [0.5, 0.6) is 5.75 Å². The van der Waals surface area contributed by atoms with Crippen LogP contribution in [0.25, 0.3) is 0 Å². The first-order valence-corrected chi connectivity index (χ1v) is 9.60. The van der Waals surface area contributed by atoms with Gasteiger partial charge in [0, 0.05) is 25.4 Å². The molecule has 0 aliphatic carbocycles. The third-order valence-electron chi connectivity index (χ3n) is 5.12. The highest BCUT2D eigenvalue weighted by atomic mass is 32.1. The van der Waals surface area contributed by atoms with E-state index in [4.69, 9.17) is 9.47 Å². The maximum absolute atomic E-state index is 13.0. The molecule has 2 aliphatic rings. The van der Waals surface area contributed by atoms with Crippen molar-refractivity contribution in [1.82, 2.24) is 15.1 Å². The summed E-state index contributed by atoms with van der Waals surface area (Å²) in [5.41, 5.74) is 0.121. The fourth-order valence-corrected chi connectivity index (χ4v) is 4.59. The van der Waals surface area contributed by atoms with Gasteiger partial charge in [-0.05, 0) is 31.7 Å². The van der Waals surface area contributed by atoms with E-state index >= 15 is 0 Å². The van der Waals surface area contributed by atoms with E-state index < -0.39 is 17.7 Å². The van der Waals surface area contributed by atoms with Crippen molar-refractivity contribution in [2.24, 2.45) is 13.0 Å². The maximum atomic E-state index is 13.0. The SMILES string of the molecule is Cn1cc([C@H]2OCC[C@@H]2C(=O)N[C@H]2c3sccc3OC(C)(C)[C@@H]2O)cn1. The number of fused-ring (bicyclic) bond motifs is 1. The third-order valence-corrected chi connectivity index (χ3v) is 6.10. The topological polar surface area (TPSA) is 85.6 Å². The second kappa shape index (κ2) is 6.37. The van der Waals surface area contributed by atoms with E-state index in [0.29, 0.717) is 13.0 Å². The lowest BCUT2D eigenvalue weighted by molar-refractivity contribution is -0.131. The van der Waals surface area contributed by atoms with Crippen LogP contribution in [0.4, 0.5) is 0 Å². The van der Waals surface area contributed by atoms with Gasteiger partial charge >= 0.3 is 0 Å². The van der Waals surface area contributed by atoms with E-state index in [1.165, 1.54) is 11.3 Å². The molecule has 4 atom stereocenters. The molecular formula is C18H23N3O4S. The largest absolute Gasteiger partial charge is 0.484 e. The Labute approximate surface area is 155 Å². The lowest BCUT2D eigenvalue weighted by Gasteiger charge is -2.41. The molecule has 0 saturated carbocycles. The van der Waals surface area contributed by atoms with Gasteiger partial charge < -0.3 is 19.9 Å². The Hall–Kier alpha value is -1.90. The highest BCUT2D eigenvalue weighted by Crippen LogP contribution is 2.43. The number of nitrogens with one attached hydrogen (secondary N) is 1. The number of hydrogen-bond acceptors (Lipinski definition) is 6. The van der Waals surface area contributed by atoms with E-state index in [2.05, 4.69) is 10.4 Å². The van der Waals surface area contributed by atoms with Crippen LogP contribution in [0.15, 0.2) is 23.8 Å². The first-order chi connectivity index (χ1) is 12.4. The van der Waals surface area contributed by atoms with Crippen molar-refractivity contribution < 1.29 is 19.4 Å². The molecule has 26 heavy (non-hydrogen) atoms. The minimum Gasteiger partial charge on any atom is -0.484 e. The molecule has 0 bridgehead atoms. The van der Waals surface area contributed by atoms with E-state index in [0.717, 1.165) is 16.2 Å². The second-order valence-corrected chi connectivity index (χ2v) is 8.37. The Morgan fingerprint density at radius 3 is 3.04 bits per heavy atom. The van der Waals surface area contributed by atoms with Gasteiger partial charge in [0.25, 0.3) is 0 Å². The second-order valence-electron chi connectivity index (χ2n) is 7.42. The molecule has 7 nitrogen and oxygen atoms in total. The van der Waals surface area contributed by atoms with Crippen LogP contribution in [0.2, 0.25) is 0 Å². The lowest BCUT2D eigenvalue weighted by Crippen LogP contribution is -2.53. The van der Waals surface area contributed by atoms with Crippen LogP contribution in [0, 0.1) is 5.92 Å². The molecule has 2 aliphatic heterocycles. The summed E-state index contributed by atoms with van der Waals surface area (Å²) >= 11 is 1.48. The quantitative estimate of drug-likeness (QED) is 0.854. The average molecular weight is 377 g/mol. The van der Waals surface area contributed by atoms with Crippen LogP contribution in [0.1, 0.15) is 42.9 Å². The number of aryl methyl sites for hydroxylation is 1. The summed E-state index contributed by atoms with van der Waals surface area (Å²) < 4.78 is 13.4. The van der Waals surface area contributed by atoms with Gasteiger partial charge in [-0.25, -0.2) is 0 Å². The van der Waals surface area contributed by atoms with Gasteiger partial charge in [-0.2, -0.15) is 5.10 Å². The van der Waals surface area contributed by atoms with Crippen LogP contribution in [-0.4, -0.2) is 39.1 Å². The molecular weight excluding hydrogens is 354 g/mol. The summed E-state index contributed by atoms with van der Waals surface area (Å²) in [6.45, 7) is 4.19. The predicted octanol–water partition coefficient (Wildman–Crippen LogP) is 1.95. The molecule has 0 spiro atoms. The van der Waals surface area contributed by atoms with Crippen LogP contribution in [-0.2, 0) is 16.6 Å². The van der Waals surface area contributed by atoms with Gasteiger partial charge in [0.05, 0.1) is 29.1 Å². The van der Waals surface area contributed by atoms with E-state index in [-0.39, 0.29) is 17.9 Å². The van der Waals surface area contributed by atoms with Gasteiger partial charge in [-0.15, -0.1) is 11.3 Å². The summed E-state index contributed by atoms with van der Waals surface area (Å²) in [4.78, 5) is 13.9.